The summed E-state index contributed by atoms with van der Waals surface area (Å²) in [5.41, 5.74) is -0.645. The molecule has 0 fully saturated rings. The molecule has 0 atom stereocenters. The van der Waals surface area contributed by atoms with E-state index in [0.717, 1.165) is 12.1 Å². The predicted octanol–water partition coefficient (Wildman–Crippen LogP) is 2.97. The van der Waals surface area contributed by atoms with E-state index in [1.165, 1.54) is 31.4 Å². The second kappa shape index (κ2) is 8.36. The van der Waals surface area contributed by atoms with Crippen molar-refractivity contribution in [2.24, 2.45) is 0 Å². The standard InChI is InChI=1S/C17H15ClN2O7S/c1-3-14(21)10-4-6-12(18)16(9-10)28(25,26)19-17(22)11-5-7-15(27-2)13(8-11)20(23)24/h4-9H,3H2,1-2H3,(H,19,22). The lowest BCUT2D eigenvalue weighted by atomic mass is 10.1. The van der Waals surface area contributed by atoms with Gasteiger partial charge in [0, 0.05) is 23.6 Å². The van der Waals surface area contributed by atoms with Gasteiger partial charge < -0.3 is 4.74 Å². The van der Waals surface area contributed by atoms with Crippen LogP contribution < -0.4 is 9.46 Å². The molecular formula is C17H15ClN2O7S. The molecule has 2 aromatic rings. The molecular weight excluding hydrogens is 412 g/mol. The monoisotopic (exact) mass is 426 g/mol. The predicted molar refractivity (Wildman–Crippen MR) is 100 cm³/mol. The highest BCUT2D eigenvalue weighted by molar-refractivity contribution is 7.90. The van der Waals surface area contributed by atoms with Gasteiger partial charge in [-0.05, 0) is 30.3 Å². The second-order valence-electron chi connectivity index (χ2n) is 5.50. The van der Waals surface area contributed by atoms with Gasteiger partial charge >= 0.3 is 5.69 Å². The van der Waals surface area contributed by atoms with Crippen molar-refractivity contribution in [1.29, 1.82) is 0 Å². The molecule has 0 aliphatic rings. The lowest BCUT2D eigenvalue weighted by Crippen LogP contribution is -2.31. The van der Waals surface area contributed by atoms with Crippen molar-refractivity contribution < 1.29 is 27.7 Å². The molecule has 0 bridgehead atoms. The summed E-state index contributed by atoms with van der Waals surface area (Å²) in [4.78, 5) is 34.0. The van der Waals surface area contributed by atoms with E-state index in [-0.39, 0.29) is 34.1 Å². The van der Waals surface area contributed by atoms with E-state index in [1.54, 1.807) is 11.6 Å². The minimum Gasteiger partial charge on any atom is -0.490 e. The van der Waals surface area contributed by atoms with Gasteiger partial charge in [0.2, 0.25) is 0 Å². The smallest absolute Gasteiger partial charge is 0.311 e. The summed E-state index contributed by atoms with van der Waals surface area (Å²) in [5, 5.41) is 10.9. The summed E-state index contributed by atoms with van der Waals surface area (Å²) < 4.78 is 31.7. The number of carbonyl (C=O) groups excluding carboxylic acids is 2. The normalized spacial score (nSPS) is 11.0. The molecule has 0 saturated carbocycles. The van der Waals surface area contributed by atoms with Crippen LogP contribution in [0.3, 0.4) is 0 Å². The third kappa shape index (κ3) is 4.46. The number of methoxy groups -OCH3 is 1. The van der Waals surface area contributed by atoms with Crippen molar-refractivity contribution in [3.63, 3.8) is 0 Å². The zero-order chi connectivity index (χ0) is 21.1. The molecule has 2 rings (SSSR count). The highest BCUT2D eigenvalue weighted by Crippen LogP contribution is 2.28. The van der Waals surface area contributed by atoms with Crippen molar-refractivity contribution in [2.45, 2.75) is 18.2 Å². The topological polar surface area (TPSA) is 133 Å². The number of nitro benzene ring substituents is 1. The first-order chi connectivity index (χ1) is 13.1. The van der Waals surface area contributed by atoms with Crippen LogP contribution in [0.5, 0.6) is 5.75 Å². The fraction of sp³-hybridized carbons (Fsp3) is 0.176. The molecule has 0 aliphatic heterocycles. The van der Waals surface area contributed by atoms with E-state index in [9.17, 15) is 28.1 Å². The van der Waals surface area contributed by atoms with Crippen LogP contribution in [0, 0.1) is 10.1 Å². The fourth-order valence-corrected chi connectivity index (χ4v) is 3.80. The quantitative estimate of drug-likeness (QED) is 0.408. The number of rotatable bonds is 7. The average Bonchev–Trinajstić information content (AvgIpc) is 2.66. The lowest BCUT2D eigenvalue weighted by Gasteiger charge is -2.10. The SMILES string of the molecule is CCC(=O)c1ccc(Cl)c(S(=O)(=O)NC(=O)c2ccc(OC)c([N+](=O)[O-])c2)c1. The Balaban J connectivity index is 2.40. The number of nitro groups is 1. The second-order valence-corrected chi connectivity index (χ2v) is 7.56. The molecule has 28 heavy (non-hydrogen) atoms. The number of hydrogen-bond acceptors (Lipinski definition) is 7. The van der Waals surface area contributed by atoms with Crippen molar-refractivity contribution in [1.82, 2.24) is 4.72 Å². The van der Waals surface area contributed by atoms with E-state index in [0.29, 0.717) is 0 Å². The molecule has 11 heteroatoms. The first kappa shape index (κ1) is 21.3. The first-order valence-electron chi connectivity index (χ1n) is 7.83. The van der Waals surface area contributed by atoms with E-state index in [4.69, 9.17) is 16.3 Å². The molecule has 0 unspecified atom stereocenters. The summed E-state index contributed by atoms with van der Waals surface area (Å²) in [5.74, 6) is -1.49. The van der Waals surface area contributed by atoms with Crippen LogP contribution in [0.4, 0.5) is 5.69 Å². The van der Waals surface area contributed by atoms with Crippen molar-refractivity contribution >= 4 is 39.0 Å². The Bertz CT molecular complexity index is 1070. The van der Waals surface area contributed by atoms with Crippen molar-refractivity contribution in [3.05, 3.63) is 62.7 Å². The Hall–Kier alpha value is -2.98. The number of sulfonamides is 1. The molecule has 2 aromatic carbocycles. The lowest BCUT2D eigenvalue weighted by molar-refractivity contribution is -0.385. The maximum atomic E-state index is 12.6. The summed E-state index contributed by atoms with van der Waals surface area (Å²) in [6.07, 6.45) is 0.156. The van der Waals surface area contributed by atoms with Crippen LogP contribution in [0.25, 0.3) is 0 Å². The van der Waals surface area contributed by atoms with Crippen LogP contribution in [-0.2, 0) is 10.0 Å². The summed E-state index contributed by atoms with van der Waals surface area (Å²) in [7, 11) is -3.21. The number of hydrogen-bond donors (Lipinski definition) is 1. The van der Waals surface area contributed by atoms with Gasteiger partial charge in [0.05, 0.1) is 17.1 Å². The van der Waals surface area contributed by atoms with Gasteiger partial charge in [-0.3, -0.25) is 19.7 Å². The molecule has 0 heterocycles. The highest BCUT2D eigenvalue weighted by Gasteiger charge is 2.25. The Morgan fingerprint density at radius 2 is 1.82 bits per heavy atom. The number of ether oxygens (including phenoxy) is 1. The molecule has 148 valence electrons. The molecule has 0 aromatic heterocycles. The van der Waals surface area contributed by atoms with Crippen LogP contribution in [-0.4, -0.2) is 32.1 Å². The van der Waals surface area contributed by atoms with Gasteiger partial charge in [-0.1, -0.05) is 18.5 Å². The highest BCUT2D eigenvalue weighted by atomic mass is 35.5. The number of nitrogens with zero attached hydrogens (tertiary/aromatic N) is 1. The van der Waals surface area contributed by atoms with Crippen LogP contribution in [0.15, 0.2) is 41.3 Å². The van der Waals surface area contributed by atoms with Crippen molar-refractivity contribution in [2.75, 3.05) is 7.11 Å². The Morgan fingerprint density at radius 1 is 1.18 bits per heavy atom. The Morgan fingerprint density at radius 3 is 2.39 bits per heavy atom. The number of amides is 1. The van der Waals surface area contributed by atoms with Crippen molar-refractivity contribution in [3.8, 4) is 5.75 Å². The van der Waals surface area contributed by atoms with Gasteiger partial charge in [0.1, 0.15) is 4.90 Å². The van der Waals surface area contributed by atoms with Crippen LogP contribution in [0.1, 0.15) is 34.1 Å². The summed E-state index contributed by atoms with van der Waals surface area (Å²) >= 11 is 5.92. The summed E-state index contributed by atoms with van der Waals surface area (Å²) in [6, 6.07) is 6.93. The minimum atomic E-state index is -4.44. The third-order valence-electron chi connectivity index (χ3n) is 3.73. The number of ketones is 1. The van der Waals surface area contributed by atoms with Gasteiger partial charge in [0.15, 0.2) is 11.5 Å². The number of benzene rings is 2. The molecule has 0 radical (unpaired) electrons. The van der Waals surface area contributed by atoms with Crippen LogP contribution in [0.2, 0.25) is 5.02 Å². The molecule has 0 spiro atoms. The maximum absolute atomic E-state index is 12.6. The van der Waals surface area contributed by atoms with E-state index < -0.39 is 31.4 Å². The Labute approximate surface area is 165 Å². The first-order valence-corrected chi connectivity index (χ1v) is 9.69. The van der Waals surface area contributed by atoms with E-state index >= 15 is 0 Å². The molecule has 1 N–H and O–H groups in total. The minimum absolute atomic E-state index is 0.0850. The number of carbonyl (C=O) groups is 2. The van der Waals surface area contributed by atoms with Gasteiger partial charge in [-0.15, -0.1) is 0 Å². The van der Waals surface area contributed by atoms with E-state index in [2.05, 4.69) is 0 Å². The van der Waals surface area contributed by atoms with Gasteiger partial charge in [-0.2, -0.15) is 0 Å². The van der Waals surface area contributed by atoms with Gasteiger partial charge in [0.25, 0.3) is 15.9 Å². The molecule has 0 saturated heterocycles. The number of Topliss-reactive ketones (excluding diaryl/α,β-unsaturated/α-hetero) is 1. The molecule has 9 nitrogen and oxygen atoms in total. The zero-order valence-electron chi connectivity index (χ0n) is 14.8. The molecule has 1 amide bonds. The zero-order valence-corrected chi connectivity index (χ0v) is 16.3. The number of nitrogens with one attached hydrogen (secondary N) is 1. The fourth-order valence-electron chi connectivity index (χ4n) is 2.30. The third-order valence-corrected chi connectivity index (χ3v) is 5.54. The van der Waals surface area contributed by atoms with Crippen LogP contribution >= 0.6 is 11.6 Å². The average molecular weight is 427 g/mol. The maximum Gasteiger partial charge on any atom is 0.311 e. The van der Waals surface area contributed by atoms with Gasteiger partial charge in [-0.25, -0.2) is 13.1 Å². The van der Waals surface area contributed by atoms with E-state index in [1.807, 2.05) is 0 Å². The molecule has 0 aliphatic carbocycles. The largest absolute Gasteiger partial charge is 0.490 e. The Kier molecular flexibility index (Phi) is 6.37. The summed E-state index contributed by atoms with van der Waals surface area (Å²) in [6.45, 7) is 1.61. The number of halogens is 1.